The Morgan fingerprint density at radius 3 is 2.88 bits per heavy atom. The van der Waals surface area contributed by atoms with Gasteiger partial charge in [0.1, 0.15) is 12.4 Å². The van der Waals surface area contributed by atoms with Crippen LogP contribution in [-0.4, -0.2) is 31.3 Å². The molecule has 140 valence electrons. The van der Waals surface area contributed by atoms with Crippen molar-refractivity contribution in [3.8, 4) is 5.75 Å². The number of anilines is 1. The Morgan fingerprint density at radius 1 is 1.32 bits per heavy atom. The molecule has 3 rings (SSSR count). The van der Waals surface area contributed by atoms with Crippen molar-refractivity contribution >= 4 is 24.0 Å². The van der Waals surface area contributed by atoms with Gasteiger partial charge >= 0.3 is 0 Å². The van der Waals surface area contributed by atoms with Crippen LogP contribution in [-0.2, 0) is 9.53 Å². The molecule has 2 fully saturated rings. The van der Waals surface area contributed by atoms with E-state index in [0.29, 0.717) is 6.61 Å². The summed E-state index contributed by atoms with van der Waals surface area (Å²) < 4.78 is 11.6. The maximum atomic E-state index is 12.6. The number of aryl methyl sites for hydroxylation is 1. The van der Waals surface area contributed by atoms with Crippen molar-refractivity contribution < 1.29 is 14.3 Å². The molecule has 1 aliphatic carbocycles. The van der Waals surface area contributed by atoms with E-state index < -0.39 is 0 Å². The number of nitrogens with two attached hydrogens (primary N) is 1. The molecule has 5 nitrogen and oxygen atoms in total. The molecule has 3 unspecified atom stereocenters. The molecule has 1 saturated carbocycles. The number of amides is 1. The Morgan fingerprint density at radius 2 is 2.16 bits per heavy atom. The smallest absolute Gasteiger partial charge is 0.227 e. The van der Waals surface area contributed by atoms with E-state index in [0.717, 1.165) is 62.1 Å². The highest BCUT2D eigenvalue weighted by molar-refractivity contribution is 5.94. The highest BCUT2D eigenvalue weighted by atomic mass is 35.5. The van der Waals surface area contributed by atoms with Crippen LogP contribution >= 0.6 is 12.4 Å². The largest absolute Gasteiger partial charge is 0.489 e. The number of hydrogen-bond donors (Lipinski definition) is 2. The van der Waals surface area contributed by atoms with Crippen molar-refractivity contribution in [1.29, 1.82) is 0 Å². The first-order valence-corrected chi connectivity index (χ1v) is 9.03. The average molecular weight is 369 g/mol. The maximum absolute atomic E-state index is 12.6. The summed E-state index contributed by atoms with van der Waals surface area (Å²) in [5.74, 6) is 0.774. The molecule has 1 heterocycles. The van der Waals surface area contributed by atoms with E-state index in [1.807, 2.05) is 25.1 Å². The maximum Gasteiger partial charge on any atom is 0.227 e. The summed E-state index contributed by atoms with van der Waals surface area (Å²) in [5, 5.41) is 3.04. The first-order valence-electron chi connectivity index (χ1n) is 9.03. The fourth-order valence-electron chi connectivity index (χ4n) is 3.51. The molecular weight excluding hydrogens is 340 g/mol. The number of nitrogens with one attached hydrogen (secondary N) is 1. The lowest BCUT2D eigenvalue weighted by Crippen LogP contribution is -2.34. The van der Waals surface area contributed by atoms with Crippen LogP contribution in [0.15, 0.2) is 18.2 Å². The van der Waals surface area contributed by atoms with Crippen LogP contribution in [0.3, 0.4) is 0 Å². The van der Waals surface area contributed by atoms with Gasteiger partial charge < -0.3 is 20.5 Å². The number of carbonyl (C=O) groups is 1. The van der Waals surface area contributed by atoms with Gasteiger partial charge in [0.2, 0.25) is 5.91 Å². The second-order valence-corrected chi connectivity index (χ2v) is 7.06. The van der Waals surface area contributed by atoms with Gasteiger partial charge in [-0.2, -0.15) is 0 Å². The molecule has 6 heteroatoms. The first kappa shape index (κ1) is 20.0. The highest BCUT2D eigenvalue weighted by Gasteiger charge is 2.26. The molecule has 2 aliphatic rings. The summed E-state index contributed by atoms with van der Waals surface area (Å²) >= 11 is 0. The summed E-state index contributed by atoms with van der Waals surface area (Å²) in [6, 6.07) is 6.02. The van der Waals surface area contributed by atoms with Gasteiger partial charge in [0.15, 0.2) is 0 Å². The van der Waals surface area contributed by atoms with E-state index >= 15 is 0 Å². The predicted molar refractivity (Wildman–Crippen MR) is 101 cm³/mol. The predicted octanol–water partition coefficient (Wildman–Crippen LogP) is 3.43. The SMILES string of the molecule is Cc1ccc(NC(=O)C2CCCC(N)C2)c(OCC2CCCO2)c1.Cl. The van der Waals surface area contributed by atoms with Gasteiger partial charge in [-0.1, -0.05) is 12.5 Å². The molecule has 1 aromatic rings. The molecule has 25 heavy (non-hydrogen) atoms. The molecule has 0 spiro atoms. The minimum atomic E-state index is 0. The third-order valence-corrected chi connectivity index (χ3v) is 4.93. The van der Waals surface area contributed by atoms with Crippen molar-refractivity contribution in [3.63, 3.8) is 0 Å². The Balaban J connectivity index is 0.00000225. The van der Waals surface area contributed by atoms with E-state index in [1.54, 1.807) is 0 Å². The summed E-state index contributed by atoms with van der Waals surface area (Å²) in [5.41, 5.74) is 7.85. The number of ether oxygens (including phenoxy) is 2. The normalized spacial score (nSPS) is 25.9. The van der Waals surface area contributed by atoms with Gasteiger partial charge in [0.05, 0.1) is 11.8 Å². The minimum Gasteiger partial charge on any atom is -0.489 e. The zero-order chi connectivity index (χ0) is 16.9. The van der Waals surface area contributed by atoms with Gasteiger partial charge in [0.25, 0.3) is 0 Å². The van der Waals surface area contributed by atoms with Crippen LogP contribution in [0, 0.1) is 12.8 Å². The monoisotopic (exact) mass is 368 g/mol. The summed E-state index contributed by atoms with van der Waals surface area (Å²) in [6.07, 6.45) is 6.01. The zero-order valence-electron chi connectivity index (χ0n) is 14.8. The van der Waals surface area contributed by atoms with E-state index in [9.17, 15) is 4.79 Å². The van der Waals surface area contributed by atoms with Crippen LogP contribution in [0.4, 0.5) is 5.69 Å². The molecule has 1 aromatic carbocycles. The Kier molecular flexibility index (Phi) is 7.54. The van der Waals surface area contributed by atoms with E-state index in [1.165, 1.54) is 0 Å². The van der Waals surface area contributed by atoms with Crippen LogP contribution in [0.2, 0.25) is 0 Å². The number of carbonyl (C=O) groups excluding carboxylic acids is 1. The Bertz CT molecular complexity index is 576. The lowest BCUT2D eigenvalue weighted by atomic mass is 9.85. The van der Waals surface area contributed by atoms with Gasteiger partial charge in [-0.25, -0.2) is 0 Å². The molecule has 0 bridgehead atoms. The van der Waals surface area contributed by atoms with Crippen molar-refractivity contribution in [2.45, 2.75) is 57.6 Å². The van der Waals surface area contributed by atoms with Crippen LogP contribution in [0.25, 0.3) is 0 Å². The van der Waals surface area contributed by atoms with Crippen molar-refractivity contribution in [2.24, 2.45) is 11.7 Å². The second kappa shape index (κ2) is 9.41. The quantitative estimate of drug-likeness (QED) is 0.835. The second-order valence-electron chi connectivity index (χ2n) is 7.06. The van der Waals surface area contributed by atoms with Gasteiger partial charge in [-0.3, -0.25) is 4.79 Å². The van der Waals surface area contributed by atoms with Gasteiger partial charge in [-0.05, 0) is 56.7 Å². The van der Waals surface area contributed by atoms with Gasteiger partial charge in [-0.15, -0.1) is 12.4 Å². The Hall–Kier alpha value is -1.30. The molecule has 0 aromatic heterocycles. The van der Waals surface area contributed by atoms with Crippen LogP contribution in [0.1, 0.15) is 44.1 Å². The van der Waals surface area contributed by atoms with Gasteiger partial charge in [0, 0.05) is 18.6 Å². The highest BCUT2D eigenvalue weighted by Crippen LogP contribution is 2.29. The molecule has 3 N–H and O–H groups in total. The molecule has 0 radical (unpaired) electrons. The average Bonchev–Trinajstić information content (AvgIpc) is 3.08. The number of rotatable bonds is 5. The zero-order valence-corrected chi connectivity index (χ0v) is 15.6. The Labute approximate surface area is 156 Å². The topological polar surface area (TPSA) is 73.6 Å². The number of benzene rings is 1. The minimum absolute atomic E-state index is 0. The fraction of sp³-hybridized carbons (Fsp3) is 0.632. The van der Waals surface area contributed by atoms with Crippen molar-refractivity contribution in [1.82, 2.24) is 0 Å². The summed E-state index contributed by atoms with van der Waals surface area (Å²) in [7, 11) is 0. The van der Waals surface area contributed by atoms with E-state index in [2.05, 4.69) is 5.32 Å². The molecule has 1 aliphatic heterocycles. The lowest BCUT2D eigenvalue weighted by Gasteiger charge is -2.26. The lowest BCUT2D eigenvalue weighted by molar-refractivity contribution is -0.120. The summed E-state index contributed by atoms with van der Waals surface area (Å²) in [4.78, 5) is 12.6. The van der Waals surface area contributed by atoms with Crippen molar-refractivity contribution in [2.75, 3.05) is 18.5 Å². The third kappa shape index (κ3) is 5.59. The number of halogens is 1. The molecule has 1 saturated heterocycles. The first-order chi connectivity index (χ1) is 11.6. The standard InChI is InChI=1S/C19H28N2O3.ClH/c1-13-7-8-17(18(10-13)24-12-16-6-3-9-23-16)21-19(22)14-4-2-5-15(20)11-14;/h7-8,10,14-16H,2-6,9,11-12,20H2,1H3,(H,21,22);1H. The third-order valence-electron chi connectivity index (χ3n) is 4.93. The van der Waals surface area contributed by atoms with E-state index in [-0.39, 0.29) is 36.4 Å². The fourth-order valence-corrected chi connectivity index (χ4v) is 3.51. The molecule has 1 amide bonds. The molecular formula is C19H29ClN2O3. The summed E-state index contributed by atoms with van der Waals surface area (Å²) in [6.45, 7) is 3.36. The molecule has 3 atom stereocenters. The van der Waals surface area contributed by atoms with Crippen LogP contribution in [0.5, 0.6) is 5.75 Å². The van der Waals surface area contributed by atoms with Crippen molar-refractivity contribution in [3.05, 3.63) is 23.8 Å². The van der Waals surface area contributed by atoms with Crippen LogP contribution < -0.4 is 15.8 Å². The van der Waals surface area contributed by atoms with E-state index in [4.69, 9.17) is 15.2 Å². The number of hydrogen-bond acceptors (Lipinski definition) is 4.